The van der Waals surface area contributed by atoms with Crippen LogP contribution >= 0.6 is 11.6 Å². The number of carbonyl (C=O) groups is 1. The van der Waals surface area contributed by atoms with Crippen LogP contribution in [-0.4, -0.2) is 33.0 Å². The van der Waals surface area contributed by atoms with Gasteiger partial charge in [-0.25, -0.2) is 4.98 Å². The predicted molar refractivity (Wildman–Crippen MR) is 72.8 cm³/mol. The number of aromatic nitrogens is 3. The van der Waals surface area contributed by atoms with Gasteiger partial charge in [0.05, 0.1) is 6.54 Å². The van der Waals surface area contributed by atoms with E-state index in [9.17, 15) is 4.79 Å². The molecule has 0 unspecified atom stereocenters. The molecule has 2 aromatic rings. The zero-order chi connectivity index (χ0) is 14.0. The maximum absolute atomic E-state index is 12.2. The van der Waals surface area contributed by atoms with Crippen LogP contribution in [0.25, 0.3) is 0 Å². The first-order chi connectivity index (χ1) is 8.95. The number of nitrogen functional groups attached to an aromatic ring is 1. The molecule has 1 aromatic heterocycles. The molecule has 0 aliphatic carbocycles. The van der Waals surface area contributed by atoms with Crippen molar-refractivity contribution < 1.29 is 4.79 Å². The number of nitrogens with two attached hydrogens (primary N) is 1. The van der Waals surface area contributed by atoms with Crippen LogP contribution in [0.2, 0.25) is 5.02 Å². The number of benzene rings is 1. The van der Waals surface area contributed by atoms with Crippen molar-refractivity contribution in [3.8, 4) is 0 Å². The summed E-state index contributed by atoms with van der Waals surface area (Å²) in [6, 6.07) is 4.77. The summed E-state index contributed by atoms with van der Waals surface area (Å²) in [5.41, 5.74) is 6.57. The van der Waals surface area contributed by atoms with Gasteiger partial charge in [0.25, 0.3) is 5.91 Å². The number of nitrogens with one attached hydrogen (secondary N) is 1. The molecular formula is C12H14ClN5O. The van der Waals surface area contributed by atoms with E-state index < -0.39 is 0 Å². The van der Waals surface area contributed by atoms with Crippen LogP contribution in [0.5, 0.6) is 0 Å². The van der Waals surface area contributed by atoms with Crippen LogP contribution in [0.15, 0.2) is 18.2 Å². The third-order valence-corrected chi connectivity index (χ3v) is 2.75. The molecule has 0 radical (unpaired) electrons. The van der Waals surface area contributed by atoms with Crippen LogP contribution in [0, 0.1) is 6.92 Å². The molecule has 2 rings (SSSR count). The third-order valence-electron chi connectivity index (χ3n) is 2.54. The minimum Gasteiger partial charge on any atom is -0.399 e. The summed E-state index contributed by atoms with van der Waals surface area (Å²) in [7, 11) is 1.67. The summed E-state index contributed by atoms with van der Waals surface area (Å²) >= 11 is 5.88. The fourth-order valence-electron chi connectivity index (χ4n) is 1.70. The number of amides is 1. The van der Waals surface area contributed by atoms with E-state index in [2.05, 4.69) is 15.2 Å². The quantitative estimate of drug-likeness (QED) is 0.836. The zero-order valence-corrected chi connectivity index (χ0v) is 11.4. The van der Waals surface area contributed by atoms with Crippen LogP contribution in [0.4, 0.5) is 5.69 Å². The van der Waals surface area contributed by atoms with Gasteiger partial charge in [0, 0.05) is 23.3 Å². The molecule has 19 heavy (non-hydrogen) atoms. The first kappa shape index (κ1) is 13.4. The molecule has 0 saturated heterocycles. The normalized spacial score (nSPS) is 10.5. The number of aromatic amines is 1. The number of rotatable bonds is 3. The van der Waals surface area contributed by atoms with E-state index in [1.54, 1.807) is 32.2 Å². The second-order valence-electron chi connectivity index (χ2n) is 4.27. The topological polar surface area (TPSA) is 87.9 Å². The molecule has 0 saturated carbocycles. The highest BCUT2D eigenvalue weighted by atomic mass is 35.5. The third kappa shape index (κ3) is 3.23. The molecule has 0 atom stereocenters. The van der Waals surface area contributed by atoms with Crippen molar-refractivity contribution >= 4 is 23.2 Å². The van der Waals surface area contributed by atoms with Crippen molar-refractivity contribution in [2.24, 2.45) is 0 Å². The van der Waals surface area contributed by atoms with E-state index in [0.717, 1.165) is 0 Å². The number of carbonyl (C=O) groups excluding carboxylic acids is 1. The van der Waals surface area contributed by atoms with Gasteiger partial charge in [-0.05, 0) is 25.1 Å². The molecule has 1 amide bonds. The number of halogens is 1. The van der Waals surface area contributed by atoms with Crippen LogP contribution in [-0.2, 0) is 6.54 Å². The minimum atomic E-state index is -0.184. The summed E-state index contributed by atoms with van der Waals surface area (Å²) in [5.74, 6) is 1.09. The lowest BCUT2D eigenvalue weighted by molar-refractivity contribution is 0.0781. The number of nitrogens with zero attached hydrogens (tertiary/aromatic N) is 3. The summed E-state index contributed by atoms with van der Waals surface area (Å²) in [6.07, 6.45) is 0. The van der Waals surface area contributed by atoms with E-state index in [1.807, 2.05) is 0 Å². The van der Waals surface area contributed by atoms with Gasteiger partial charge in [0.2, 0.25) is 0 Å². The predicted octanol–water partition coefficient (Wildman–Crippen LogP) is 1.62. The monoisotopic (exact) mass is 279 g/mol. The molecule has 7 heteroatoms. The average Bonchev–Trinajstić information content (AvgIpc) is 2.72. The first-order valence-electron chi connectivity index (χ1n) is 5.65. The number of H-pyrrole nitrogens is 1. The van der Waals surface area contributed by atoms with Crippen molar-refractivity contribution in [1.82, 2.24) is 20.1 Å². The van der Waals surface area contributed by atoms with Gasteiger partial charge in [0.15, 0.2) is 5.82 Å². The van der Waals surface area contributed by atoms with E-state index >= 15 is 0 Å². The van der Waals surface area contributed by atoms with Crippen LogP contribution < -0.4 is 5.73 Å². The minimum absolute atomic E-state index is 0.184. The number of hydrogen-bond donors (Lipinski definition) is 2. The first-order valence-corrected chi connectivity index (χ1v) is 6.03. The lowest BCUT2D eigenvalue weighted by atomic mass is 10.2. The molecule has 0 fully saturated rings. The van der Waals surface area contributed by atoms with Gasteiger partial charge < -0.3 is 10.6 Å². The molecule has 0 aliphatic rings. The van der Waals surface area contributed by atoms with E-state index in [4.69, 9.17) is 17.3 Å². The van der Waals surface area contributed by atoms with Gasteiger partial charge in [-0.15, -0.1) is 0 Å². The van der Waals surface area contributed by atoms with Crippen molar-refractivity contribution in [1.29, 1.82) is 0 Å². The Morgan fingerprint density at radius 2 is 2.21 bits per heavy atom. The van der Waals surface area contributed by atoms with E-state index in [1.165, 1.54) is 4.90 Å². The van der Waals surface area contributed by atoms with Gasteiger partial charge in [0.1, 0.15) is 5.82 Å². The maximum atomic E-state index is 12.2. The summed E-state index contributed by atoms with van der Waals surface area (Å²) in [5, 5.41) is 7.15. The summed E-state index contributed by atoms with van der Waals surface area (Å²) < 4.78 is 0. The highest BCUT2D eigenvalue weighted by molar-refractivity contribution is 6.31. The second kappa shape index (κ2) is 5.27. The molecule has 0 bridgehead atoms. The van der Waals surface area contributed by atoms with Crippen LogP contribution in [0.3, 0.4) is 0 Å². The Bertz CT molecular complexity index is 590. The largest absolute Gasteiger partial charge is 0.399 e. The van der Waals surface area contributed by atoms with Gasteiger partial charge in [-0.3, -0.25) is 9.89 Å². The van der Waals surface area contributed by atoms with Crippen molar-refractivity contribution in [2.45, 2.75) is 13.5 Å². The van der Waals surface area contributed by atoms with Crippen LogP contribution in [0.1, 0.15) is 22.0 Å². The number of hydrogen-bond acceptors (Lipinski definition) is 4. The smallest absolute Gasteiger partial charge is 0.254 e. The summed E-state index contributed by atoms with van der Waals surface area (Å²) in [4.78, 5) is 17.9. The number of anilines is 1. The SMILES string of the molecule is Cc1nc(CN(C)C(=O)c2cc(N)cc(Cl)c2)n[nH]1. The van der Waals surface area contributed by atoms with Gasteiger partial charge in [-0.1, -0.05) is 11.6 Å². The molecule has 6 nitrogen and oxygen atoms in total. The van der Waals surface area contributed by atoms with E-state index in [-0.39, 0.29) is 5.91 Å². The van der Waals surface area contributed by atoms with E-state index in [0.29, 0.717) is 34.5 Å². The molecule has 0 spiro atoms. The van der Waals surface area contributed by atoms with Gasteiger partial charge >= 0.3 is 0 Å². The Balaban J connectivity index is 2.14. The Kier molecular flexibility index (Phi) is 3.71. The van der Waals surface area contributed by atoms with Crippen molar-refractivity contribution in [2.75, 3.05) is 12.8 Å². The second-order valence-corrected chi connectivity index (χ2v) is 4.71. The molecule has 1 heterocycles. The molecule has 1 aromatic carbocycles. The molecule has 0 aliphatic heterocycles. The molecule has 3 N–H and O–H groups in total. The zero-order valence-electron chi connectivity index (χ0n) is 10.6. The highest BCUT2D eigenvalue weighted by Crippen LogP contribution is 2.18. The summed E-state index contributed by atoms with van der Waals surface area (Å²) in [6.45, 7) is 2.12. The van der Waals surface area contributed by atoms with Gasteiger partial charge in [-0.2, -0.15) is 5.10 Å². The lowest BCUT2D eigenvalue weighted by Crippen LogP contribution is -2.26. The fourth-order valence-corrected chi connectivity index (χ4v) is 1.94. The van der Waals surface area contributed by atoms with Crippen molar-refractivity contribution in [3.05, 3.63) is 40.4 Å². The highest BCUT2D eigenvalue weighted by Gasteiger charge is 2.15. The fraction of sp³-hybridized carbons (Fsp3) is 0.250. The Labute approximate surface area is 115 Å². The Morgan fingerprint density at radius 3 is 2.79 bits per heavy atom. The molecule has 100 valence electrons. The van der Waals surface area contributed by atoms with Crippen molar-refractivity contribution in [3.63, 3.8) is 0 Å². The standard InChI is InChI=1S/C12H14ClN5O/c1-7-15-11(17-16-7)6-18(2)12(19)8-3-9(13)5-10(14)4-8/h3-5H,6,14H2,1-2H3,(H,15,16,17). The molecular weight excluding hydrogens is 266 g/mol. The lowest BCUT2D eigenvalue weighted by Gasteiger charge is -2.15. The Morgan fingerprint density at radius 1 is 1.47 bits per heavy atom. The number of aryl methyl sites for hydroxylation is 1. The Hall–Kier alpha value is -2.08. The average molecular weight is 280 g/mol. The maximum Gasteiger partial charge on any atom is 0.254 e.